The van der Waals surface area contributed by atoms with Gasteiger partial charge in [-0.05, 0) is 23.8 Å². The fourth-order valence-electron chi connectivity index (χ4n) is 1.67. The van der Waals surface area contributed by atoms with Crippen LogP contribution in [0.5, 0.6) is 0 Å². The van der Waals surface area contributed by atoms with Crippen molar-refractivity contribution in [3.05, 3.63) is 70.1 Å². The van der Waals surface area contributed by atoms with Crippen LogP contribution in [0.1, 0.15) is 11.6 Å². The molecule has 0 aliphatic rings. The van der Waals surface area contributed by atoms with E-state index in [-0.39, 0.29) is 12.1 Å². The van der Waals surface area contributed by atoms with Crippen molar-refractivity contribution in [3.63, 3.8) is 0 Å². The van der Waals surface area contributed by atoms with Gasteiger partial charge in [0.1, 0.15) is 0 Å². The van der Waals surface area contributed by atoms with Gasteiger partial charge in [-0.1, -0.05) is 12.1 Å². The minimum atomic E-state index is -0.941. The predicted molar refractivity (Wildman–Crippen MR) is 64.0 cm³/mol. The highest BCUT2D eigenvalue weighted by molar-refractivity contribution is 5.21. The third kappa shape index (κ3) is 2.62. The molecule has 1 unspecified atom stereocenters. The highest BCUT2D eigenvalue weighted by Gasteiger charge is 2.10. The molecule has 5 heteroatoms. The van der Waals surface area contributed by atoms with Gasteiger partial charge in [0.05, 0.1) is 0 Å². The molecular weight excluding hydrogens is 238 g/mol. The lowest BCUT2D eigenvalue weighted by molar-refractivity contribution is 0.500. The summed E-state index contributed by atoms with van der Waals surface area (Å²) >= 11 is 0. The van der Waals surface area contributed by atoms with Gasteiger partial charge < -0.3 is 10.3 Å². The molecule has 94 valence electrons. The van der Waals surface area contributed by atoms with Crippen LogP contribution in [-0.4, -0.2) is 4.57 Å². The van der Waals surface area contributed by atoms with E-state index in [1.54, 1.807) is 18.3 Å². The molecule has 3 nitrogen and oxygen atoms in total. The zero-order valence-electron chi connectivity index (χ0n) is 9.51. The smallest absolute Gasteiger partial charge is 0.250 e. The Morgan fingerprint density at radius 2 is 1.94 bits per heavy atom. The third-order valence-corrected chi connectivity index (χ3v) is 2.66. The van der Waals surface area contributed by atoms with Crippen molar-refractivity contribution < 1.29 is 8.78 Å². The van der Waals surface area contributed by atoms with Crippen LogP contribution in [0.2, 0.25) is 0 Å². The SMILES string of the molecule is NC(Cn1ccccc1=O)c1ccc(F)c(F)c1. The van der Waals surface area contributed by atoms with Crippen LogP contribution in [-0.2, 0) is 6.54 Å². The van der Waals surface area contributed by atoms with Gasteiger partial charge in [0.25, 0.3) is 5.56 Å². The summed E-state index contributed by atoms with van der Waals surface area (Å²) in [4.78, 5) is 11.5. The minimum absolute atomic E-state index is 0.185. The Morgan fingerprint density at radius 3 is 2.61 bits per heavy atom. The topological polar surface area (TPSA) is 48.0 Å². The summed E-state index contributed by atoms with van der Waals surface area (Å²) in [7, 11) is 0. The average molecular weight is 250 g/mol. The molecule has 2 N–H and O–H groups in total. The fourth-order valence-corrected chi connectivity index (χ4v) is 1.67. The van der Waals surface area contributed by atoms with Crippen molar-refractivity contribution in [2.24, 2.45) is 5.73 Å². The van der Waals surface area contributed by atoms with Crippen molar-refractivity contribution >= 4 is 0 Å². The molecule has 0 aliphatic carbocycles. The van der Waals surface area contributed by atoms with E-state index in [1.807, 2.05) is 0 Å². The van der Waals surface area contributed by atoms with E-state index in [9.17, 15) is 13.6 Å². The van der Waals surface area contributed by atoms with Crippen LogP contribution in [0.4, 0.5) is 8.78 Å². The lowest BCUT2D eigenvalue weighted by Crippen LogP contribution is -2.25. The molecule has 0 fully saturated rings. The number of halogens is 2. The Hall–Kier alpha value is -2.01. The number of aromatic nitrogens is 1. The second-order valence-corrected chi connectivity index (χ2v) is 3.97. The Bertz CT molecular complexity index is 610. The van der Waals surface area contributed by atoms with Crippen LogP contribution < -0.4 is 11.3 Å². The van der Waals surface area contributed by atoms with Gasteiger partial charge in [-0.2, -0.15) is 0 Å². The van der Waals surface area contributed by atoms with Gasteiger partial charge in [-0.15, -0.1) is 0 Å². The first kappa shape index (κ1) is 12.4. The molecule has 1 heterocycles. The zero-order valence-corrected chi connectivity index (χ0v) is 9.51. The summed E-state index contributed by atoms with van der Waals surface area (Å²) in [5.41, 5.74) is 6.13. The summed E-state index contributed by atoms with van der Waals surface area (Å²) in [5.74, 6) is -1.86. The molecule has 2 rings (SSSR count). The third-order valence-electron chi connectivity index (χ3n) is 2.66. The predicted octanol–water partition coefficient (Wildman–Crippen LogP) is 1.83. The number of pyridine rings is 1. The molecule has 0 spiro atoms. The zero-order chi connectivity index (χ0) is 13.1. The first-order valence-electron chi connectivity index (χ1n) is 5.44. The van der Waals surface area contributed by atoms with Crippen molar-refractivity contribution in [2.75, 3.05) is 0 Å². The largest absolute Gasteiger partial charge is 0.322 e. The highest BCUT2D eigenvalue weighted by atomic mass is 19.2. The molecule has 0 saturated carbocycles. The molecular formula is C13H12F2N2O. The molecule has 0 amide bonds. The van der Waals surface area contributed by atoms with Crippen LogP contribution in [0.25, 0.3) is 0 Å². The van der Waals surface area contributed by atoms with E-state index in [0.717, 1.165) is 12.1 Å². The Morgan fingerprint density at radius 1 is 1.17 bits per heavy atom. The number of hydrogen-bond donors (Lipinski definition) is 1. The van der Waals surface area contributed by atoms with E-state index in [0.29, 0.717) is 5.56 Å². The molecule has 0 saturated heterocycles. The molecule has 18 heavy (non-hydrogen) atoms. The number of hydrogen-bond acceptors (Lipinski definition) is 2. The maximum atomic E-state index is 13.1. The van der Waals surface area contributed by atoms with Gasteiger partial charge in [-0.25, -0.2) is 8.78 Å². The van der Waals surface area contributed by atoms with Crippen molar-refractivity contribution in [1.82, 2.24) is 4.57 Å². The van der Waals surface area contributed by atoms with Crippen LogP contribution in [0.3, 0.4) is 0 Å². The van der Waals surface area contributed by atoms with E-state index < -0.39 is 17.7 Å². The van der Waals surface area contributed by atoms with Gasteiger partial charge >= 0.3 is 0 Å². The fraction of sp³-hybridized carbons (Fsp3) is 0.154. The van der Waals surface area contributed by atoms with Gasteiger partial charge in [0.2, 0.25) is 0 Å². The monoisotopic (exact) mass is 250 g/mol. The van der Waals surface area contributed by atoms with Gasteiger partial charge in [0.15, 0.2) is 11.6 Å². The molecule has 1 aromatic heterocycles. The molecule has 0 aliphatic heterocycles. The van der Waals surface area contributed by atoms with Crippen molar-refractivity contribution in [2.45, 2.75) is 12.6 Å². The summed E-state index contributed by atoms with van der Waals surface area (Å²) in [6, 6.07) is 7.67. The molecule has 0 radical (unpaired) electrons. The quantitative estimate of drug-likeness (QED) is 0.903. The Kier molecular flexibility index (Phi) is 3.53. The maximum Gasteiger partial charge on any atom is 0.250 e. The summed E-state index contributed by atoms with van der Waals surface area (Å²) < 4.78 is 27.3. The number of benzene rings is 1. The number of rotatable bonds is 3. The first-order valence-corrected chi connectivity index (χ1v) is 5.44. The molecule has 2 aromatic rings. The van der Waals surface area contributed by atoms with Crippen molar-refractivity contribution in [1.29, 1.82) is 0 Å². The normalized spacial score (nSPS) is 12.4. The Labute approximate surface area is 102 Å². The molecule has 1 atom stereocenters. The summed E-state index contributed by atoms with van der Waals surface area (Å²) in [5, 5.41) is 0. The summed E-state index contributed by atoms with van der Waals surface area (Å²) in [6.07, 6.45) is 1.60. The maximum absolute atomic E-state index is 13.1. The van der Waals surface area contributed by atoms with E-state index in [4.69, 9.17) is 5.73 Å². The van der Waals surface area contributed by atoms with E-state index in [2.05, 4.69) is 0 Å². The highest BCUT2D eigenvalue weighted by Crippen LogP contribution is 2.15. The standard InChI is InChI=1S/C13H12F2N2O/c14-10-5-4-9(7-11(10)15)12(16)8-17-6-2-1-3-13(17)18/h1-7,12H,8,16H2. The van der Waals surface area contributed by atoms with E-state index >= 15 is 0 Å². The number of nitrogens with two attached hydrogens (primary N) is 1. The van der Waals surface area contributed by atoms with Crippen LogP contribution >= 0.6 is 0 Å². The lowest BCUT2D eigenvalue weighted by Gasteiger charge is -2.14. The lowest BCUT2D eigenvalue weighted by atomic mass is 10.1. The summed E-state index contributed by atoms with van der Waals surface area (Å²) in [6.45, 7) is 0.213. The average Bonchev–Trinajstić information content (AvgIpc) is 2.35. The second kappa shape index (κ2) is 5.10. The van der Waals surface area contributed by atoms with Crippen molar-refractivity contribution in [3.8, 4) is 0 Å². The van der Waals surface area contributed by atoms with Gasteiger partial charge in [-0.3, -0.25) is 4.79 Å². The molecule has 0 bridgehead atoms. The van der Waals surface area contributed by atoms with Crippen LogP contribution in [0.15, 0.2) is 47.4 Å². The van der Waals surface area contributed by atoms with Crippen LogP contribution in [0, 0.1) is 11.6 Å². The minimum Gasteiger partial charge on any atom is -0.322 e. The van der Waals surface area contributed by atoms with E-state index in [1.165, 1.54) is 16.7 Å². The molecule has 1 aromatic carbocycles. The number of nitrogens with zero attached hydrogens (tertiary/aromatic N) is 1. The van der Waals surface area contributed by atoms with Gasteiger partial charge in [0, 0.05) is 24.8 Å². The Balaban J connectivity index is 2.22. The first-order chi connectivity index (χ1) is 8.58. The second-order valence-electron chi connectivity index (χ2n) is 3.97.